The van der Waals surface area contributed by atoms with E-state index >= 15 is 0 Å². The molecule has 4 aliphatic carbocycles. The molecule has 0 radical (unpaired) electrons. The van der Waals surface area contributed by atoms with Crippen molar-refractivity contribution in [2.45, 2.75) is 96.6 Å². The van der Waals surface area contributed by atoms with Crippen LogP contribution < -0.4 is 0 Å². The van der Waals surface area contributed by atoms with Gasteiger partial charge in [0.2, 0.25) is 0 Å². The van der Waals surface area contributed by atoms with Crippen LogP contribution in [-0.4, -0.2) is 36.3 Å². The fourth-order valence-electron chi connectivity index (χ4n) is 6.98. The van der Waals surface area contributed by atoms with Gasteiger partial charge in [0, 0.05) is 30.2 Å². The molecule has 35 heavy (non-hydrogen) atoms. The average Bonchev–Trinajstić information content (AvgIpc) is 3.27. The largest absolute Gasteiger partial charge is 0.373 e. The van der Waals surface area contributed by atoms with Crippen LogP contribution in [0, 0.1) is 31.1 Å². The highest BCUT2D eigenvalue weighted by atomic mass is 16.5. The van der Waals surface area contributed by atoms with Crippen molar-refractivity contribution in [1.82, 2.24) is 29.7 Å². The van der Waals surface area contributed by atoms with Crippen LogP contribution in [0.15, 0.2) is 12.4 Å². The Bertz CT molecular complexity index is 1290. The maximum atomic E-state index is 6.21. The van der Waals surface area contributed by atoms with Crippen molar-refractivity contribution in [3.05, 3.63) is 40.9 Å². The van der Waals surface area contributed by atoms with Crippen LogP contribution in [0.25, 0.3) is 11.2 Å². The van der Waals surface area contributed by atoms with Gasteiger partial charge in [-0.15, -0.1) is 0 Å². The number of aromatic nitrogens is 6. The molecular weight excluding hydrogens is 436 g/mol. The SMILES string of the molecule is Cc1nc2nc([C@H]3CCO[C@H](c4cnn(C5CC5)c4)C3)nc([C@@H]3CC4(C(C)C)CC3C4)c2nc1C. The molecule has 4 heterocycles. The van der Waals surface area contributed by atoms with E-state index in [9.17, 15) is 0 Å². The number of hydrogen-bond donors (Lipinski definition) is 0. The lowest BCUT2D eigenvalue weighted by Crippen LogP contribution is -2.33. The number of hydrogen-bond acceptors (Lipinski definition) is 6. The molecule has 5 fully saturated rings. The van der Waals surface area contributed by atoms with Crippen molar-refractivity contribution in [2.75, 3.05) is 6.61 Å². The van der Waals surface area contributed by atoms with Crippen LogP contribution in [0.4, 0.5) is 0 Å². The van der Waals surface area contributed by atoms with Gasteiger partial charge in [0.15, 0.2) is 5.65 Å². The Labute approximate surface area is 207 Å². The lowest BCUT2D eigenvalue weighted by molar-refractivity contribution is 0.00390. The summed E-state index contributed by atoms with van der Waals surface area (Å²) in [5.41, 5.74) is 6.49. The Morgan fingerprint density at radius 2 is 1.80 bits per heavy atom. The number of ether oxygens (including phenoxy) is 1. The zero-order valence-electron chi connectivity index (χ0n) is 21.4. The third-order valence-corrected chi connectivity index (χ3v) is 9.66. The van der Waals surface area contributed by atoms with E-state index in [1.54, 1.807) is 0 Å². The van der Waals surface area contributed by atoms with Crippen LogP contribution in [0.5, 0.6) is 0 Å². The highest BCUT2D eigenvalue weighted by Crippen LogP contribution is 2.68. The standard InChI is InChI=1S/C28H36N6O/c1-15(2)28-10-19(11-28)22(12-28)24-25-27(31-17(4)16(3)30-25)33-26(32-24)18-7-8-35-23(9-18)20-13-29-34(14-20)21-5-6-21/h13-15,18-19,21-23H,5-12H2,1-4H3/t18-,19?,22+,23-,28?/m0/s1. The smallest absolute Gasteiger partial charge is 0.182 e. The zero-order chi connectivity index (χ0) is 23.9. The summed E-state index contributed by atoms with van der Waals surface area (Å²) in [6.45, 7) is 9.59. The van der Waals surface area contributed by atoms with Gasteiger partial charge in [0.1, 0.15) is 11.3 Å². The van der Waals surface area contributed by atoms with Gasteiger partial charge in [0.05, 0.1) is 35.4 Å². The van der Waals surface area contributed by atoms with Crippen molar-refractivity contribution in [3.63, 3.8) is 0 Å². The normalized spacial score (nSPS) is 32.4. The first kappa shape index (κ1) is 21.8. The Morgan fingerprint density at radius 3 is 2.54 bits per heavy atom. The topological polar surface area (TPSA) is 78.6 Å². The number of nitrogens with zero attached hydrogens (tertiary/aromatic N) is 6. The van der Waals surface area contributed by atoms with Gasteiger partial charge >= 0.3 is 0 Å². The van der Waals surface area contributed by atoms with Crippen molar-refractivity contribution in [3.8, 4) is 0 Å². The molecule has 1 aliphatic heterocycles. The van der Waals surface area contributed by atoms with E-state index in [2.05, 4.69) is 36.7 Å². The maximum Gasteiger partial charge on any atom is 0.182 e. The number of rotatable bonds is 5. The fraction of sp³-hybridized carbons (Fsp3) is 0.679. The number of aryl methyl sites for hydroxylation is 2. The van der Waals surface area contributed by atoms with Gasteiger partial charge in [0.25, 0.3) is 0 Å². The molecule has 3 aromatic heterocycles. The molecule has 8 rings (SSSR count). The highest BCUT2D eigenvalue weighted by Gasteiger charge is 2.58. The highest BCUT2D eigenvalue weighted by molar-refractivity contribution is 5.74. The van der Waals surface area contributed by atoms with Gasteiger partial charge in [-0.2, -0.15) is 5.10 Å². The molecule has 5 aliphatic rings. The van der Waals surface area contributed by atoms with Crippen LogP contribution in [0.2, 0.25) is 0 Å². The van der Waals surface area contributed by atoms with Crippen LogP contribution >= 0.6 is 0 Å². The van der Waals surface area contributed by atoms with E-state index in [1.807, 2.05) is 13.1 Å². The first-order valence-electron chi connectivity index (χ1n) is 13.6. The summed E-state index contributed by atoms with van der Waals surface area (Å²) in [5.74, 6) is 3.13. The van der Waals surface area contributed by atoms with E-state index in [1.165, 1.54) is 37.7 Å². The third-order valence-electron chi connectivity index (χ3n) is 9.66. The molecule has 7 heteroatoms. The Morgan fingerprint density at radius 1 is 1.00 bits per heavy atom. The Balaban J connectivity index is 1.24. The monoisotopic (exact) mass is 472 g/mol. The summed E-state index contributed by atoms with van der Waals surface area (Å²) in [7, 11) is 0. The molecule has 7 nitrogen and oxygen atoms in total. The first-order valence-corrected chi connectivity index (χ1v) is 13.6. The lowest BCUT2D eigenvalue weighted by atomic mass is 9.63. The molecule has 3 aromatic rings. The second-order valence-corrected chi connectivity index (χ2v) is 12.1. The summed E-state index contributed by atoms with van der Waals surface area (Å²) in [6.07, 6.45) is 12.4. The second kappa shape index (κ2) is 7.79. The van der Waals surface area contributed by atoms with Crippen LogP contribution in [0.1, 0.15) is 111 Å². The van der Waals surface area contributed by atoms with E-state index in [0.29, 0.717) is 17.4 Å². The van der Waals surface area contributed by atoms with E-state index in [4.69, 9.17) is 24.7 Å². The number of fused-ring (bicyclic) bond motifs is 2. The predicted molar refractivity (Wildman–Crippen MR) is 133 cm³/mol. The summed E-state index contributed by atoms with van der Waals surface area (Å²) in [5, 5.41) is 4.60. The van der Waals surface area contributed by atoms with E-state index in [-0.39, 0.29) is 12.0 Å². The van der Waals surface area contributed by atoms with Gasteiger partial charge in [-0.3, -0.25) is 4.68 Å². The first-order chi connectivity index (χ1) is 16.9. The molecular formula is C28H36N6O. The van der Waals surface area contributed by atoms with Gasteiger partial charge in [-0.1, -0.05) is 13.8 Å². The molecule has 4 saturated carbocycles. The minimum absolute atomic E-state index is 0.0540. The molecule has 0 amide bonds. The summed E-state index contributed by atoms with van der Waals surface area (Å²) in [6, 6.07) is 0.589. The van der Waals surface area contributed by atoms with E-state index in [0.717, 1.165) is 65.4 Å². The minimum atomic E-state index is 0.0540. The second-order valence-electron chi connectivity index (χ2n) is 12.1. The quantitative estimate of drug-likeness (QED) is 0.471. The van der Waals surface area contributed by atoms with E-state index < -0.39 is 0 Å². The Hall–Kier alpha value is -2.41. The molecule has 0 aromatic carbocycles. The lowest BCUT2D eigenvalue weighted by Gasteiger charge is -2.42. The Kier molecular flexibility index (Phi) is 4.86. The van der Waals surface area contributed by atoms with Crippen LogP contribution in [-0.2, 0) is 4.74 Å². The molecule has 0 N–H and O–H groups in total. The predicted octanol–water partition coefficient (Wildman–Crippen LogP) is 5.74. The van der Waals surface area contributed by atoms with Crippen molar-refractivity contribution >= 4 is 11.2 Å². The maximum absolute atomic E-state index is 6.21. The van der Waals surface area contributed by atoms with Crippen molar-refractivity contribution in [1.29, 1.82) is 0 Å². The average molecular weight is 473 g/mol. The molecule has 2 bridgehead atoms. The minimum Gasteiger partial charge on any atom is -0.373 e. The summed E-state index contributed by atoms with van der Waals surface area (Å²) >= 11 is 0. The molecule has 0 spiro atoms. The molecule has 1 saturated heterocycles. The molecule has 3 atom stereocenters. The van der Waals surface area contributed by atoms with Gasteiger partial charge in [-0.25, -0.2) is 19.9 Å². The fourth-order valence-corrected chi connectivity index (χ4v) is 6.98. The van der Waals surface area contributed by atoms with Crippen LogP contribution in [0.3, 0.4) is 0 Å². The molecule has 184 valence electrons. The summed E-state index contributed by atoms with van der Waals surface area (Å²) < 4.78 is 8.32. The third kappa shape index (κ3) is 3.52. The summed E-state index contributed by atoms with van der Waals surface area (Å²) in [4.78, 5) is 20.3. The van der Waals surface area contributed by atoms with Crippen molar-refractivity contribution in [2.24, 2.45) is 17.3 Å². The molecule has 0 unspecified atom stereocenters. The van der Waals surface area contributed by atoms with Gasteiger partial charge < -0.3 is 4.74 Å². The van der Waals surface area contributed by atoms with Crippen molar-refractivity contribution < 1.29 is 4.74 Å². The van der Waals surface area contributed by atoms with Gasteiger partial charge in [-0.05, 0) is 76.0 Å². The zero-order valence-corrected chi connectivity index (χ0v) is 21.4.